The van der Waals surface area contributed by atoms with E-state index in [0.717, 1.165) is 36.9 Å². The third-order valence-corrected chi connectivity index (χ3v) is 7.56. The molecular formula is C24H24N4O4S2. The van der Waals surface area contributed by atoms with Crippen LogP contribution in [-0.4, -0.2) is 59.2 Å². The van der Waals surface area contributed by atoms with Gasteiger partial charge in [-0.1, -0.05) is 24.3 Å². The van der Waals surface area contributed by atoms with E-state index in [1.165, 1.54) is 22.7 Å². The summed E-state index contributed by atoms with van der Waals surface area (Å²) in [6.07, 6.45) is 0.581. The topological polar surface area (TPSA) is 98.9 Å². The molecule has 3 aromatic heterocycles. The molecule has 0 radical (unpaired) electrons. The van der Waals surface area contributed by atoms with E-state index < -0.39 is 6.09 Å². The van der Waals surface area contributed by atoms with Gasteiger partial charge in [-0.05, 0) is 43.0 Å². The van der Waals surface area contributed by atoms with E-state index in [1.807, 2.05) is 53.2 Å². The van der Waals surface area contributed by atoms with Gasteiger partial charge in [0.25, 0.3) is 5.91 Å². The first kappa shape index (κ1) is 22.6. The van der Waals surface area contributed by atoms with Crippen molar-refractivity contribution in [2.24, 2.45) is 0 Å². The SMILES string of the molecule is O=C(O)NC1CCN(CCCN(C(=O)c2cccs2)c2nc(-c3cc4ccccc4o3)cs2)C1. The highest BCUT2D eigenvalue weighted by atomic mass is 32.1. The van der Waals surface area contributed by atoms with E-state index in [4.69, 9.17) is 14.5 Å². The molecule has 0 spiro atoms. The summed E-state index contributed by atoms with van der Waals surface area (Å²) < 4.78 is 5.95. The Hall–Kier alpha value is -3.21. The molecule has 4 aromatic rings. The lowest BCUT2D eigenvalue weighted by Gasteiger charge is -2.21. The summed E-state index contributed by atoms with van der Waals surface area (Å²) in [4.78, 5) is 33.6. The molecule has 1 aliphatic heterocycles. The average Bonchev–Trinajstić information content (AvgIpc) is 3.62. The van der Waals surface area contributed by atoms with Gasteiger partial charge in [-0.15, -0.1) is 22.7 Å². The number of fused-ring (bicyclic) bond motifs is 1. The summed E-state index contributed by atoms with van der Waals surface area (Å²) in [5.74, 6) is 0.619. The van der Waals surface area contributed by atoms with E-state index in [9.17, 15) is 9.59 Å². The minimum atomic E-state index is -0.983. The van der Waals surface area contributed by atoms with Gasteiger partial charge in [-0.25, -0.2) is 9.78 Å². The van der Waals surface area contributed by atoms with Crippen molar-refractivity contribution in [3.05, 3.63) is 58.1 Å². The molecule has 1 saturated heterocycles. The van der Waals surface area contributed by atoms with Crippen molar-refractivity contribution in [2.45, 2.75) is 18.9 Å². The van der Waals surface area contributed by atoms with Crippen LogP contribution in [0, 0.1) is 0 Å². The van der Waals surface area contributed by atoms with Gasteiger partial charge < -0.3 is 19.7 Å². The summed E-state index contributed by atoms with van der Waals surface area (Å²) in [7, 11) is 0. The lowest BCUT2D eigenvalue weighted by atomic mass is 10.2. The maximum atomic E-state index is 13.3. The number of thiophene rings is 1. The van der Waals surface area contributed by atoms with Crippen molar-refractivity contribution >= 4 is 50.8 Å². The van der Waals surface area contributed by atoms with Crippen molar-refractivity contribution in [1.82, 2.24) is 15.2 Å². The van der Waals surface area contributed by atoms with Crippen molar-refractivity contribution in [1.29, 1.82) is 0 Å². The van der Waals surface area contributed by atoms with Crippen LogP contribution in [0.2, 0.25) is 0 Å². The van der Waals surface area contributed by atoms with Gasteiger partial charge >= 0.3 is 6.09 Å². The van der Waals surface area contributed by atoms with E-state index >= 15 is 0 Å². The molecular weight excluding hydrogens is 472 g/mol. The van der Waals surface area contributed by atoms with Crippen molar-refractivity contribution < 1.29 is 19.1 Å². The molecule has 2 amide bonds. The molecule has 10 heteroatoms. The average molecular weight is 497 g/mol. The molecule has 1 atom stereocenters. The normalized spacial score (nSPS) is 16.2. The smallest absolute Gasteiger partial charge is 0.404 e. The van der Waals surface area contributed by atoms with Crippen molar-refractivity contribution in [3.63, 3.8) is 0 Å². The number of nitrogens with zero attached hydrogens (tertiary/aromatic N) is 3. The quantitative estimate of drug-likeness (QED) is 0.356. The van der Waals surface area contributed by atoms with Crippen molar-refractivity contribution in [3.8, 4) is 11.5 Å². The molecule has 4 heterocycles. The molecule has 1 unspecified atom stereocenters. The number of furan rings is 1. The summed E-state index contributed by atoms with van der Waals surface area (Å²) >= 11 is 2.85. The molecule has 8 nitrogen and oxygen atoms in total. The number of aromatic nitrogens is 1. The number of hydrogen-bond donors (Lipinski definition) is 2. The summed E-state index contributed by atoms with van der Waals surface area (Å²) in [5.41, 5.74) is 1.52. The van der Waals surface area contributed by atoms with Crippen LogP contribution in [0.3, 0.4) is 0 Å². The molecule has 5 rings (SSSR count). The lowest BCUT2D eigenvalue weighted by molar-refractivity contribution is 0.0989. The fraction of sp³-hybridized carbons (Fsp3) is 0.292. The Morgan fingerprint density at radius 3 is 2.91 bits per heavy atom. The summed E-state index contributed by atoms with van der Waals surface area (Å²) in [6.45, 7) is 2.85. The molecule has 1 aromatic carbocycles. The van der Waals surface area contributed by atoms with Gasteiger partial charge in [0, 0.05) is 36.4 Å². The van der Waals surface area contributed by atoms with Gasteiger partial charge in [-0.3, -0.25) is 9.69 Å². The van der Waals surface area contributed by atoms with Gasteiger partial charge in [0.15, 0.2) is 10.9 Å². The summed E-state index contributed by atoms with van der Waals surface area (Å²) in [5, 5.41) is 17.0. The Balaban J connectivity index is 1.30. The highest BCUT2D eigenvalue weighted by Gasteiger charge is 2.25. The standard InChI is InChI=1S/C24H24N4O4S2/c29-22(21-7-3-12-33-21)28(10-4-9-27-11-8-17(14-27)25-24(30)31)23-26-18(15-34-23)20-13-16-5-1-2-6-19(16)32-20/h1-3,5-7,12-13,15,17,25H,4,8-11,14H2,(H,30,31). The Labute approximate surface area is 204 Å². The fourth-order valence-corrected chi connectivity index (χ4v) is 5.72. The van der Waals surface area contributed by atoms with Gasteiger partial charge in [0.1, 0.15) is 11.3 Å². The first-order chi connectivity index (χ1) is 16.6. The number of likely N-dealkylation sites (tertiary alicyclic amines) is 1. The van der Waals surface area contributed by atoms with Crippen LogP contribution in [0.4, 0.5) is 9.93 Å². The molecule has 176 valence electrons. The second-order valence-corrected chi connectivity index (χ2v) is 9.97. The Morgan fingerprint density at radius 1 is 1.24 bits per heavy atom. The van der Waals surface area contributed by atoms with Crippen LogP contribution >= 0.6 is 22.7 Å². The van der Waals surface area contributed by atoms with E-state index in [2.05, 4.69) is 10.2 Å². The predicted molar refractivity (Wildman–Crippen MR) is 134 cm³/mol. The third-order valence-electron chi connectivity index (χ3n) is 5.83. The summed E-state index contributed by atoms with van der Waals surface area (Å²) in [6, 6.07) is 13.5. The minimum absolute atomic E-state index is 0.0355. The zero-order chi connectivity index (χ0) is 23.5. The minimum Gasteiger partial charge on any atom is -0.465 e. The number of para-hydroxylation sites is 1. The highest BCUT2D eigenvalue weighted by Crippen LogP contribution is 2.32. The van der Waals surface area contributed by atoms with Gasteiger partial charge in [-0.2, -0.15) is 0 Å². The number of nitrogens with one attached hydrogen (secondary N) is 1. The molecule has 1 fully saturated rings. The number of thiazole rings is 1. The molecule has 0 aliphatic carbocycles. The van der Waals surface area contributed by atoms with Crippen LogP contribution in [0.5, 0.6) is 0 Å². The zero-order valence-electron chi connectivity index (χ0n) is 18.3. The van der Waals surface area contributed by atoms with Gasteiger partial charge in [0.05, 0.1) is 4.88 Å². The van der Waals surface area contributed by atoms with Crippen LogP contribution < -0.4 is 10.2 Å². The van der Waals surface area contributed by atoms with E-state index in [0.29, 0.717) is 34.6 Å². The Bertz CT molecular complexity index is 1250. The molecule has 2 N–H and O–H groups in total. The third kappa shape index (κ3) is 4.98. The lowest BCUT2D eigenvalue weighted by Crippen LogP contribution is -2.37. The van der Waals surface area contributed by atoms with Crippen LogP contribution in [0.15, 0.2) is 57.6 Å². The zero-order valence-corrected chi connectivity index (χ0v) is 20.0. The largest absolute Gasteiger partial charge is 0.465 e. The number of hydrogen-bond acceptors (Lipinski definition) is 7. The maximum Gasteiger partial charge on any atom is 0.404 e. The van der Waals surface area contributed by atoms with Gasteiger partial charge in [0.2, 0.25) is 0 Å². The number of carbonyl (C=O) groups excluding carboxylic acids is 1. The number of carbonyl (C=O) groups is 2. The van der Waals surface area contributed by atoms with Crippen LogP contribution in [0.1, 0.15) is 22.5 Å². The number of rotatable bonds is 8. The first-order valence-electron chi connectivity index (χ1n) is 11.1. The Kier molecular flexibility index (Phi) is 6.61. The molecule has 0 saturated carbocycles. The van der Waals surface area contributed by atoms with E-state index in [-0.39, 0.29) is 11.9 Å². The number of carboxylic acid groups (broad SMARTS) is 1. The Morgan fingerprint density at radius 2 is 2.12 bits per heavy atom. The highest BCUT2D eigenvalue weighted by molar-refractivity contribution is 7.14. The maximum absolute atomic E-state index is 13.3. The molecule has 34 heavy (non-hydrogen) atoms. The second-order valence-electron chi connectivity index (χ2n) is 8.19. The number of amides is 2. The molecule has 1 aliphatic rings. The first-order valence-corrected chi connectivity index (χ1v) is 12.8. The second kappa shape index (κ2) is 9.96. The monoisotopic (exact) mass is 496 g/mol. The number of anilines is 1. The molecule has 0 bridgehead atoms. The van der Waals surface area contributed by atoms with Crippen molar-refractivity contribution in [2.75, 3.05) is 31.1 Å². The fourth-order valence-electron chi connectivity index (χ4n) is 4.21. The number of benzene rings is 1. The van der Waals surface area contributed by atoms with Crippen LogP contribution in [-0.2, 0) is 0 Å². The predicted octanol–water partition coefficient (Wildman–Crippen LogP) is 5.00. The van der Waals surface area contributed by atoms with E-state index in [1.54, 1.807) is 4.90 Å². The van der Waals surface area contributed by atoms with Crippen LogP contribution in [0.25, 0.3) is 22.4 Å².